The summed E-state index contributed by atoms with van der Waals surface area (Å²) in [6.45, 7) is 4.21. The molecule has 0 saturated heterocycles. The van der Waals surface area contributed by atoms with E-state index in [-0.39, 0.29) is 13.2 Å². The monoisotopic (exact) mass is 248 g/mol. The number of benzene rings is 1. The third-order valence-electron chi connectivity index (χ3n) is 3.19. The number of rotatable bonds is 3. The molecule has 0 spiro atoms. The van der Waals surface area contributed by atoms with E-state index in [4.69, 9.17) is 0 Å². The number of hydrogen-bond acceptors (Lipinski definition) is 3. The van der Waals surface area contributed by atoms with E-state index in [0.29, 0.717) is 0 Å². The molecule has 0 fully saturated rings. The Morgan fingerprint density at radius 3 is 2.35 bits per heavy atom. The molecule has 0 unspecified atom stereocenters. The molecule has 0 aliphatic rings. The van der Waals surface area contributed by atoms with Gasteiger partial charge in [-0.2, -0.15) is 0 Å². The highest BCUT2D eigenvalue weighted by atomic mass is 32.1. The zero-order valence-corrected chi connectivity index (χ0v) is 10.8. The van der Waals surface area contributed by atoms with E-state index in [1.54, 1.807) is 11.3 Å². The van der Waals surface area contributed by atoms with Crippen LogP contribution in [-0.4, -0.2) is 10.2 Å². The Bertz CT molecular complexity index is 529. The normalized spacial score (nSPS) is 10.8. The third-order valence-corrected chi connectivity index (χ3v) is 4.26. The average molecular weight is 248 g/mol. The molecule has 90 valence electrons. The maximum absolute atomic E-state index is 9.27. The van der Waals surface area contributed by atoms with E-state index in [9.17, 15) is 10.2 Å². The molecule has 0 atom stereocenters. The van der Waals surface area contributed by atoms with Gasteiger partial charge in [-0.1, -0.05) is 18.2 Å². The molecule has 3 heteroatoms. The van der Waals surface area contributed by atoms with Gasteiger partial charge in [-0.3, -0.25) is 0 Å². The lowest BCUT2D eigenvalue weighted by Crippen LogP contribution is -1.92. The van der Waals surface area contributed by atoms with Gasteiger partial charge < -0.3 is 10.2 Å². The zero-order valence-electron chi connectivity index (χ0n) is 10.0. The molecule has 1 heterocycles. The molecule has 1 aromatic heterocycles. The van der Waals surface area contributed by atoms with Crippen LogP contribution in [0.25, 0.3) is 11.1 Å². The van der Waals surface area contributed by atoms with Gasteiger partial charge in [0.2, 0.25) is 0 Å². The standard InChI is InChI=1S/C14H16O2S/c1-9-11(6-15)4-3-5-12(9)13-8-17-14(7-16)10(13)2/h3-5,8,15-16H,6-7H2,1-2H3. The minimum absolute atomic E-state index is 0.0652. The fourth-order valence-corrected chi connectivity index (χ4v) is 2.95. The molecule has 2 rings (SSSR count). The summed E-state index contributed by atoms with van der Waals surface area (Å²) in [5.74, 6) is 0. The summed E-state index contributed by atoms with van der Waals surface area (Å²) < 4.78 is 0. The summed E-state index contributed by atoms with van der Waals surface area (Å²) in [5, 5.41) is 20.6. The molecule has 0 saturated carbocycles. The Kier molecular flexibility index (Phi) is 3.62. The summed E-state index contributed by atoms with van der Waals surface area (Å²) >= 11 is 1.58. The largest absolute Gasteiger partial charge is 0.392 e. The van der Waals surface area contributed by atoms with E-state index in [1.165, 1.54) is 0 Å². The summed E-state index contributed by atoms with van der Waals surface area (Å²) in [4.78, 5) is 1.01. The second kappa shape index (κ2) is 5.00. The van der Waals surface area contributed by atoms with Crippen LogP contribution < -0.4 is 0 Å². The van der Waals surface area contributed by atoms with Crippen molar-refractivity contribution >= 4 is 11.3 Å². The predicted octanol–water partition coefficient (Wildman–Crippen LogP) is 3.02. The second-order valence-electron chi connectivity index (χ2n) is 4.10. The van der Waals surface area contributed by atoms with Gasteiger partial charge in [0.1, 0.15) is 0 Å². The fourth-order valence-electron chi connectivity index (χ4n) is 2.02. The number of thiophene rings is 1. The first-order chi connectivity index (χ1) is 8.19. The Hall–Kier alpha value is -1.16. The van der Waals surface area contributed by atoms with Gasteiger partial charge >= 0.3 is 0 Å². The van der Waals surface area contributed by atoms with Crippen LogP contribution in [0.15, 0.2) is 23.6 Å². The lowest BCUT2D eigenvalue weighted by molar-refractivity contribution is 0.281. The Morgan fingerprint density at radius 1 is 1.00 bits per heavy atom. The highest BCUT2D eigenvalue weighted by molar-refractivity contribution is 7.10. The van der Waals surface area contributed by atoms with Crippen LogP contribution >= 0.6 is 11.3 Å². The molecule has 17 heavy (non-hydrogen) atoms. The molecule has 2 aromatic rings. The Labute approximate surface area is 105 Å². The van der Waals surface area contributed by atoms with E-state index in [0.717, 1.165) is 32.7 Å². The van der Waals surface area contributed by atoms with Crippen molar-refractivity contribution in [3.8, 4) is 11.1 Å². The molecular weight excluding hydrogens is 232 g/mol. The van der Waals surface area contributed by atoms with Crippen LogP contribution in [0.2, 0.25) is 0 Å². The van der Waals surface area contributed by atoms with Crippen LogP contribution in [0, 0.1) is 13.8 Å². The van der Waals surface area contributed by atoms with Crippen LogP contribution in [0.1, 0.15) is 21.6 Å². The minimum atomic E-state index is 0.0652. The minimum Gasteiger partial charge on any atom is -0.392 e. The maximum atomic E-state index is 9.27. The quantitative estimate of drug-likeness (QED) is 0.876. The third kappa shape index (κ3) is 2.14. The topological polar surface area (TPSA) is 40.5 Å². The molecule has 0 amide bonds. The van der Waals surface area contributed by atoms with Crippen molar-refractivity contribution < 1.29 is 10.2 Å². The lowest BCUT2D eigenvalue weighted by atomic mass is 9.96. The first-order valence-electron chi connectivity index (χ1n) is 5.56. The molecule has 0 aliphatic carbocycles. The lowest BCUT2D eigenvalue weighted by Gasteiger charge is -2.09. The summed E-state index contributed by atoms with van der Waals surface area (Å²) in [7, 11) is 0. The maximum Gasteiger partial charge on any atom is 0.0777 e. The van der Waals surface area contributed by atoms with Gasteiger partial charge in [-0.05, 0) is 47.0 Å². The molecule has 0 radical (unpaired) electrons. The van der Waals surface area contributed by atoms with Crippen LogP contribution in [0.4, 0.5) is 0 Å². The number of aliphatic hydroxyl groups is 2. The second-order valence-corrected chi connectivity index (χ2v) is 5.07. The van der Waals surface area contributed by atoms with Crippen molar-refractivity contribution in [1.82, 2.24) is 0 Å². The SMILES string of the molecule is Cc1c(CO)cccc1-c1csc(CO)c1C. The van der Waals surface area contributed by atoms with Crippen molar-refractivity contribution in [3.63, 3.8) is 0 Å². The molecule has 2 N–H and O–H groups in total. The Balaban J connectivity index is 2.56. The summed E-state index contributed by atoms with van der Waals surface area (Å²) in [5.41, 5.74) is 5.51. The van der Waals surface area contributed by atoms with E-state index in [2.05, 4.69) is 11.4 Å². The number of aliphatic hydroxyl groups excluding tert-OH is 2. The molecule has 2 nitrogen and oxygen atoms in total. The molecule has 1 aromatic carbocycles. The predicted molar refractivity (Wildman–Crippen MR) is 71.1 cm³/mol. The highest BCUT2D eigenvalue weighted by Crippen LogP contribution is 2.34. The smallest absolute Gasteiger partial charge is 0.0777 e. The number of hydrogen-bond donors (Lipinski definition) is 2. The van der Waals surface area contributed by atoms with Gasteiger partial charge in [0.05, 0.1) is 13.2 Å². The van der Waals surface area contributed by atoms with E-state index < -0.39 is 0 Å². The van der Waals surface area contributed by atoms with Gasteiger partial charge in [-0.15, -0.1) is 11.3 Å². The fraction of sp³-hybridized carbons (Fsp3) is 0.286. The van der Waals surface area contributed by atoms with Crippen molar-refractivity contribution in [2.75, 3.05) is 0 Å². The zero-order chi connectivity index (χ0) is 12.4. The van der Waals surface area contributed by atoms with Gasteiger partial charge in [0.25, 0.3) is 0 Å². The van der Waals surface area contributed by atoms with Crippen molar-refractivity contribution in [2.24, 2.45) is 0 Å². The van der Waals surface area contributed by atoms with Crippen molar-refractivity contribution in [3.05, 3.63) is 45.1 Å². The van der Waals surface area contributed by atoms with Crippen molar-refractivity contribution in [1.29, 1.82) is 0 Å². The van der Waals surface area contributed by atoms with E-state index in [1.807, 2.05) is 26.0 Å². The Morgan fingerprint density at radius 2 is 1.76 bits per heavy atom. The molecular formula is C14H16O2S. The first-order valence-corrected chi connectivity index (χ1v) is 6.44. The first kappa shape index (κ1) is 12.3. The van der Waals surface area contributed by atoms with Gasteiger partial charge in [-0.25, -0.2) is 0 Å². The summed E-state index contributed by atoms with van der Waals surface area (Å²) in [6, 6.07) is 5.96. The molecule has 0 aliphatic heterocycles. The van der Waals surface area contributed by atoms with Crippen LogP contribution in [-0.2, 0) is 13.2 Å². The van der Waals surface area contributed by atoms with Gasteiger partial charge in [0, 0.05) is 4.88 Å². The van der Waals surface area contributed by atoms with E-state index >= 15 is 0 Å². The highest BCUT2D eigenvalue weighted by Gasteiger charge is 2.11. The average Bonchev–Trinajstić information content (AvgIpc) is 2.71. The van der Waals surface area contributed by atoms with Crippen molar-refractivity contribution in [2.45, 2.75) is 27.1 Å². The van der Waals surface area contributed by atoms with Crippen LogP contribution in [0.3, 0.4) is 0 Å². The van der Waals surface area contributed by atoms with Crippen LogP contribution in [0.5, 0.6) is 0 Å². The molecule has 0 bridgehead atoms. The van der Waals surface area contributed by atoms with Gasteiger partial charge in [0.15, 0.2) is 0 Å². The summed E-state index contributed by atoms with van der Waals surface area (Å²) in [6.07, 6.45) is 0.